The largest absolute Gasteiger partial charge is 0.295 e. The average Bonchev–Trinajstić information content (AvgIpc) is 1.92. The first-order valence-corrected chi connectivity index (χ1v) is 4.62. The molecular formula is C11H18O. The Labute approximate surface area is 74.9 Å². The number of hydrogen-bond acceptors (Lipinski definition) is 1. The van der Waals surface area contributed by atoms with Crippen LogP contribution >= 0.6 is 0 Å². The smallest absolute Gasteiger partial charge is 0.158 e. The third-order valence-corrected chi connectivity index (χ3v) is 2.83. The van der Waals surface area contributed by atoms with Crippen LogP contribution in [-0.4, -0.2) is 5.78 Å². The second-order valence-corrected chi connectivity index (χ2v) is 4.83. The van der Waals surface area contributed by atoms with Crippen molar-refractivity contribution >= 4 is 5.78 Å². The fourth-order valence-electron chi connectivity index (χ4n) is 1.73. The summed E-state index contributed by atoms with van der Waals surface area (Å²) >= 11 is 0. The Kier molecular flexibility index (Phi) is 2.41. The molecule has 1 aliphatic carbocycles. The maximum atomic E-state index is 11.2. The van der Waals surface area contributed by atoms with Crippen molar-refractivity contribution in [2.24, 2.45) is 11.3 Å². The zero-order valence-corrected chi connectivity index (χ0v) is 8.31. The molecule has 1 aliphatic rings. The maximum Gasteiger partial charge on any atom is 0.158 e. The van der Waals surface area contributed by atoms with Gasteiger partial charge in [-0.3, -0.25) is 4.79 Å². The lowest BCUT2D eigenvalue weighted by Gasteiger charge is -2.34. The summed E-state index contributed by atoms with van der Waals surface area (Å²) in [5.41, 5.74) is 1.16. The lowest BCUT2D eigenvalue weighted by atomic mass is 9.71. The number of carbonyl (C=O) groups excluding carboxylic acids is 1. The molecule has 0 aliphatic heterocycles. The van der Waals surface area contributed by atoms with Crippen molar-refractivity contribution in [2.75, 3.05) is 0 Å². The second-order valence-electron chi connectivity index (χ2n) is 4.83. The predicted molar refractivity (Wildman–Crippen MR) is 50.9 cm³/mol. The van der Waals surface area contributed by atoms with Crippen LogP contribution in [0.1, 0.15) is 40.0 Å². The Bertz CT molecular complexity index is 208. The number of rotatable bonds is 0. The third-order valence-electron chi connectivity index (χ3n) is 2.83. The zero-order chi connectivity index (χ0) is 9.35. The Morgan fingerprint density at radius 3 is 2.42 bits per heavy atom. The molecule has 1 rings (SSSR count). The van der Waals surface area contributed by atoms with E-state index in [2.05, 4.69) is 27.4 Å². The molecule has 0 N–H and O–H groups in total. The molecule has 0 heterocycles. The van der Waals surface area contributed by atoms with E-state index in [9.17, 15) is 4.79 Å². The van der Waals surface area contributed by atoms with Crippen molar-refractivity contribution in [2.45, 2.75) is 40.0 Å². The molecular weight excluding hydrogens is 148 g/mol. The van der Waals surface area contributed by atoms with E-state index in [1.807, 2.05) is 0 Å². The molecule has 1 nitrogen and oxygen atoms in total. The molecule has 1 fully saturated rings. The summed E-state index contributed by atoms with van der Waals surface area (Å²) < 4.78 is 0. The van der Waals surface area contributed by atoms with Gasteiger partial charge in [-0.25, -0.2) is 0 Å². The van der Waals surface area contributed by atoms with E-state index in [0.717, 1.165) is 18.4 Å². The molecule has 0 saturated heterocycles. The molecule has 1 unspecified atom stereocenters. The molecule has 0 aromatic carbocycles. The van der Waals surface area contributed by atoms with Crippen LogP contribution in [-0.2, 0) is 4.79 Å². The van der Waals surface area contributed by atoms with E-state index in [4.69, 9.17) is 0 Å². The van der Waals surface area contributed by atoms with Gasteiger partial charge in [0.05, 0.1) is 0 Å². The first-order chi connectivity index (χ1) is 5.41. The first kappa shape index (κ1) is 9.50. The highest BCUT2D eigenvalue weighted by Crippen LogP contribution is 2.37. The molecule has 1 heteroatoms. The molecule has 0 bridgehead atoms. The van der Waals surface area contributed by atoms with E-state index in [0.29, 0.717) is 17.8 Å². The molecule has 0 aromatic heterocycles. The van der Waals surface area contributed by atoms with Gasteiger partial charge in [0.1, 0.15) is 0 Å². The third kappa shape index (κ3) is 1.96. The zero-order valence-electron chi connectivity index (χ0n) is 8.31. The minimum Gasteiger partial charge on any atom is -0.295 e. The topological polar surface area (TPSA) is 17.1 Å². The summed E-state index contributed by atoms with van der Waals surface area (Å²) in [7, 11) is 0. The fourth-order valence-corrected chi connectivity index (χ4v) is 1.73. The van der Waals surface area contributed by atoms with Crippen molar-refractivity contribution in [3.8, 4) is 0 Å². The molecule has 12 heavy (non-hydrogen) atoms. The van der Waals surface area contributed by atoms with E-state index in [-0.39, 0.29) is 5.78 Å². The number of hydrogen-bond donors (Lipinski definition) is 0. The van der Waals surface area contributed by atoms with Crippen LogP contribution in [0.3, 0.4) is 0 Å². The Hall–Kier alpha value is -0.590. The Morgan fingerprint density at radius 1 is 1.42 bits per heavy atom. The van der Waals surface area contributed by atoms with Gasteiger partial charge in [-0.2, -0.15) is 0 Å². The van der Waals surface area contributed by atoms with E-state index >= 15 is 0 Å². The predicted octanol–water partition coefficient (Wildman–Crippen LogP) is 2.96. The summed E-state index contributed by atoms with van der Waals surface area (Å²) in [6.07, 6.45) is 2.66. The highest BCUT2D eigenvalue weighted by atomic mass is 16.1. The lowest BCUT2D eigenvalue weighted by molar-refractivity contribution is -0.117. The van der Waals surface area contributed by atoms with E-state index in [1.165, 1.54) is 0 Å². The fraction of sp³-hybridized carbons (Fsp3) is 0.727. The molecule has 1 saturated carbocycles. The summed E-state index contributed by atoms with van der Waals surface area (Å²) in [5, 5.41) is 0. The van der Waals surface area contributed by atoms with Gasteiger partial charge in [-0.05, 0) is 29.7 Å². The molecule has 1 atom stereocenters. The maximum absolute atomic E-state index is 11.2. The number of Topliss-reactive ketones (excluding diaryl/α,β-unsaturated/α-hetero) is 1. The molecule has 0 radical (unpaired) electrons. The highest BCUT2D eigenvalue weighted by Gasteiger charge is 2.30. The minimum atomic E-state index is 0.274. The second kappa shape index (κ2) is 3.04. The van der Waals surface area contributed by atoms with Crippen LogP contribution in [0, 0.1) is 11.3 Å². The lowest BCUT2D eigenvalue weighted by Crippen LogP contribution is -2.27. The van der Waals surface area contributed by atoms with Crippen molar-refractivity contribution in [1.82, 2.24) is 0 Å². The summed E-state index contributed by atoms with van der Waals surface area (Å²) in [5.74, 6) is 0.915. The van der Waals surface area contributed by atoms with Gasteiger partial charge >= 0.3 is 0 Å². The SMILES string of the molecule is C=C1CC(C(C)(C)C)CCC1=O. The molecule has 68 valence electrons. The summed E-state index contributed by atoms with van der Waals surface area (Å²) in [6.45, 7) is 10.5. The van der Waals surface area contributed by atoms with Crippen LogP contribution in [0.4, 0.5) is 0 Å². The Morgan fingerprint density at radius 2 is 2.00 bits per heavy atom. The van der Waals surface area contributed by atoms with Gasteiger partial charge in [0, 0.05) is 6.42 Å². The number of ketones is 1. The van der Waals surface area contributed by atoms with E-state index in [1.54, 1.807) is 0 Å². The number of carbonyl (C=O) groups is 1. The normalized spacial score (nSPS) is 26.1. The summed E-state index contributed by atoms with van der Waals surface area (Å²) in [6, 6.07) is 0. The van der Waals surface area contributed by atoms with Crippen LogP contribution in [0.5, 0.6) is 0 Å². The molecule has 0 spiro atoms. The standard InChI is InChI=1S/C11H18O/c1-8-7-9(11(2,3)4)5-6-10(8)12/h9H,1,5-7H2,2-4H3. The minimum absolute atomic E-state index is 0.274. The van der Waals surface area contributed by atoms with E-state index < -0.39 is 0 Å². The van der Waals surface area contributed by atoms with Crippen LogP contribution in [0.2, 0.25) is 0 Å². The van der Waals surface area contributed by atoms with Gasteiger partial charge < -0.3 is 0 Å². The van der Waals surface area contributed by atoms with Gasteiger partial charge in [0.25, 0.3) is 0 Å². The van der Waals surface area contributed by atoms with Crippen molar-refractivity contribution in [3.05, 3.63) is 12.2 Å². The molecule has 0 aromatic rings. The van der Waals surface area contributed by atoms with Crippen LogP contribution in [0.25, 0.3) is 0 Å². The monoisotopic (exact) mass is 166 g/mol. The van der Waals surface area contributed by atoms with Crippen molar-refractivity contribution in [3.63, 3.8) is 0 Å². The van der Waals surface area contributed by atoms with Crippen LogP contribution in [0.15, 0.2) is 12.2 Å². The number of allylic oxidation sites excluding steroid dienone is 1. The first-order valence-electron chi connectivity index (χ1n) is 4.62. The average molecular weight is 166 g/mol. The van der Waals surface area contributed by atoms with Crippen LogP contribution < -0.4 is 0 Å². The van der Waals surface area contributed by atoms with Gasteiger partial charge in [-0.1, -0.05) is 27.4 Å². The van der Waals surface area contributed by atoms with Gasteiger partial charge in [0.15, 0.2) is 5.78 Å². The van der Waals surface area contributed by atoms with Gasteiger partial charge in [-0.15, -0.1) is 0 Å². The van der Waals surface area contributed by atoms with Crippen molar-refractivity contribution in [1.29, 1.82) is 0 Å². The van der Waals surface area contributed by atoms with Gasteiger partial charge in [0.2, 0.25) is 0 Å². The van der Waals surface area contributed by atoms with Crippen molar-refractivity contribution < 1.29 is 4.79 Å². The Balaban J connectivity index is 2.63. The quantitative estimate of drug-likeness (QED) is 0.506. The molecule has 0 amide bonds. The highest BCUT2D eigenvalue weighted by molar-refractivity contribution is 5.95. The summed E-state index contributed by atoms with van der Waals surface area (Å²) in [4.78, 5) is 11.2.